The molecule has 0 spiro atoms. The molecule has 1 unspecified atom stereocenters. The van der Waals surface area contributed by atoms with Gasteiger partial charge in [-0.1, -0.05) is 13.8 Å². The molecule has 18 heavy (non-hydrogen) atoms. The summed E-state index contributed by atoms with van der Waals surface area (Å²) in [5.41, 5.74) is 0. The average Bonchev–Trinajstić information content (AvgIpc) is 2.53. The van der Waals surface area contributed by atoms with Crippen LogP contribution in [0.4, 0.5) is 0 Å². The summed E-state index contributed by atoms with van der Waals surface area (Å²) < 4.78 is 0. The van der Waals surface area contributed by atoms with Crippen molar-refractivity contribution >= 4 is 11.7 Å². The molecule has 1 heterocycles. The molecule has 1 rings (SSSR count). The highest BCUT2D eigenvalue weighted by atomic mass is 16.3. The number of carbonyl (C=O) groups excluding carboxylic acids is 2. The topological polar surface area (TPSA) is 89.9 Å². The van der Waals surface area contributed by atoms with Crippen LogP contribution in [0.25, 0.3) is 0 Å². The molecular formula is C12H22N2O4. The maximum atomic E-state index is 11.8. The molecule has 0 aromatic heterocycles. The molecule has 104 valence electrons. The maximum Gasteiger partial charge on any atom is 0.234 e. The molecular weight excluding hydrogens is 236 g/mol. The largest absolute Gasteiger partial charge is 0.389 e. The molecule has 1 aliphatic heterocycles. The van der Waals surface area contributed by atoms with Crippen LogP contribution in [0.1, 0.15) is 20.8 Å². The molecule has 0 aromatic rings. The van der Waals surface area contributed by atoms with Crippen LogP contribution >= 0.6 is 0 Å². The summed E-state index contributed by atoms with van der Waals surface area (Å²) in [5.74, 6) is -0.286. The monoisotopic (exact) mass is 258 g/mol. The first kappa shape index (κ1) is 15.1. The number of Topliss-reactive ketones (excluding diaryl/α,β-unsaturated/α-hetero) is 1. The fraction of sp³-hybridized carbons (Fsp3) is 0.833. The van der Waals surface area contributed by atoms with Gasteiger partial charge < -0.3 is 15.5 Å². The molecule has 6 nitrogen and oxygen atoms in total. The third-order valence-corrected chi connectivity index (χ3v) is 3.12. The Morgan fingerprint density at radius 2 is 1.78 bits per heavy atom. The van der Waals surface area contributed by atoms with Gasteiger partial charge in [0.1, 0.15) is 0 Å². The number of hydrogen-bond donors (Lipinski definition) is 3. The summed E-state index contributed by atoms with van der Waals surface area (Å²) in [6.45, 7) is 5.84. The van der Waals surface area contributed by atoms with Crippen molar-refractivity contribution < 1.29 is 19.8 Å². The minimum absolute atomic E-state index is 0.0428. The van der Waals surface area contributed by atoms with Crippen molar-refractivity contribution in [2.24, 2.45) is 5.92 Å². The number of hydrogen-bond acceptors (Lipinski definition) is 5. The van der Waals surface area contributed by atoms with E-state index < -0.39 is 18.2 Å². The average molecular weight is 258 g/mol. The van der Waals surface area contributed by atoms with E-state index in [-0.39, 0.29) is 37.2 Å². The van der Waals surface area contributed by atoms with Crippen LogP contribution in [0, 0.1) is 5.92 Å². The first-order valence-corrected chi connectivity index (χ1v) is 6.19. The van der Waals surface area contributed by atoms with Gasteiger partial charge in [0, 0.05) is 13.1 Å². The number of aliphatic hydroxyl groups is 2. The van der Waals surface area contributed by atoms with Gasteiger partial charge in [-0.15, -0.1) is 0 Å². The Labute approximate surface area is 107 Å². The van der Waals surface area contributed by atoms with Gasteiger partial charge in [0.2, 0.25) is 5.91 Å². The predicted octanol–water partition coefficient (Wildman–Crippen LogP) is -1.25. The van der Waals surface area contributed by atoms with E-state index in [4.69, 9.17) is 0 Å². The molecule has 0 radical (unpaired) electrons. The lowest BCUT2D eigenvalue weighted by molar-refractivity contribution is -0.128. The van der Waals surface area contributed by atoms with Crippen molar-refractivity contribution in [2.45, 2.75) is 39.0 Å². The van der Waals surface area contributed by atoms with E-state index in [9.17, 15) is 19.8 Å². The van der Waals surface area contributed by atoms with Gasteiger partial charge in [0.25, 0.3) is 0 Å². The standard InChI is InChI=1S/C12H22N2O4/c1-7(2)12(8(3)15)13-11(18)6-14-4-9(16)10(17)5-14/h7,9-10,12,16-17H,4-6H2,1-3H3,(H,13,18)/t9-,10+,12?. The van der Waals surface area contributed by atoms with Crippen molar-refractivity contribution in [1.82, 2.24) is 10.2 Å². The molecule has 6 heteroatoms. The molecule has 0 aliphatic carbocycles. The van der Waals surface area contributed by atoms with Gasteiger partial charge in [0.15, 0.2) is 5.78 Å². The normalized spacial score (nSPS) is 26.3. The molecule has 0 bridgehead atoms. The number of β-amino-alcohol motifs (C(OH)–C–C–N with tert-alkyl or cyclic N) is 2. The summed E-state index contributed by atoms with van der Waals surface area (Å²) in [4.78, 5) is 24.8. The van der Waals surface area contributed by atoms with E-state index in [1.54, 1.807) is 4.90 Å². The number of nitrogens with one attached hydrogen (secondary N) is 1. The van der Waals surface area contributed by atoms with Crippen LogP contribution in [0.2, 0.25) is 0 Å². The second-order valence-corrected chi connectivity index (χ2v) is 5.23. The number of carbonyl (C=O) groups is 2. The third kappa shape index (κ3) is 4.04. The molecule has 1 aliphatic rings. The van der Waals surface area contributed by atoms with E-state index >= 15 is 0 Å². The Hall–Kier alpha value is -0.980. The molecule has 3 atom stereocenters. The highest BCUT2D eigenvalue weighted by Gasteiger charge is 2.31. The summed E-state index contributed by atoms with van der Waals surface area (Å²) in [6.07, 6.45) is -1.60. The molecule has 1 fully saturated rings. The fourth-order valence-electron chi connectivity index (χ4n) is 2.14. The first-order valence-electron chi connectivity index (χ1n) is 6.19. The number of likely N-dealkylation sites (tertiary alicyclic amines) is 1. The molecule has 3 N–H and O–H groups in total. The van der Waals surface area contributed by atoms with E-state index in [2.05, 4.69) is 5.32 Å². The van der Waals surface area contributed by atoms with Crippen LogP contribution in [0.5, 0.6) is 0 Å². The zero-order chi connectivity index (χ0) is 13.9. The van der Waals surface area contributed by atoms with Gasteiger partial charge in [0.05, 0.1) is 24.8 Å². The zero-order valence-electron chi connectivity index (χ0n) is 11.1. The van der Waals surface area contributed by atoms with Crippen LogP contribution in [-0.4, -0.2) is 64.7 Å². The van der Waals surface area contributed by atoms with Crippen molar-refractivity contribution in [3.8, 4) is 0 Å². The van der Waals surface area contributed by atoms with Crippen LogP contribution in [-0.2, 0) is 9.59 Å². The van der Waals surface area contributed by atoms with E-state index in [1.165, 1.54) is 6.92 Å². The summed E-state index contributed by atoms with van der Waals surface area (Å²) >= 11 is 0. The quantitative estimate of drug-likeness (QED) is 0.573. The van der Waals surface area contributed by atoms with Crippen molar-refractivity contribution in [3.63, 3.8) is 0 Å². The third-order valence-electron chi connectivity index (χ3n) is 3.12. The number of rotatable bonds is 5. The van der Waals surface area contributed by atoms with Gasteiger partial charge in [-0.05, 0) is 12.8 Å². The summed E-state index contributed by atoms with van der Waals surface area (Å²) in [5, 5.41) is 21.4. The van der Waals surface area contributed by atoms with E-state index in [0.29, 0.717) is 0 Å². The van der Waals surface area contributed by atoms with Gasteiger partial charge in [-0.3, -0.25) is 14.5 Å². The van der Waals surface area contributed by atoms with Crippen LogP contribution < -0.4 is 5.32 Å². The van der Waals surface area contributed by atoms with Crippen LogP contribution in [0.3, 0.4) is 0 Å². The fourth-order valence-corrected chi connectivity index (χ4v) is 2.14. The lowest BCUT2D eigenvalue weighted by Crippen LogP contribution is -2.47. The number of ketones is 1. The van der Waals surface area contributed by atoms with Gasteiger partial charge in [-0.25, -0.2) is 0 Å². The van der Waals surface area contributed by atoms with Crippen molar-refractivity contribution in [3.05, 3.63) is 0 Å². The number of amides is 1. The predicted molar refractivity (Wildman–Crippen MR) is 65.9 cm³/mol. The van der Waals surface area contributed by atoms with E-state index in [0.717, 1.165) is 0 Å². The Morgan fingerprint density at radius 3 is 2.17 bits per heavy atom. The molecule has 1 saturated heterocycles. The smallest absolute Gasteiger partial charge is 0.234 e. The van der Waals surface area contributed by atoms with Crippen molar-refractivity contribution in [1.29, 1.82) is 0 Å². The number of aliphatic hydroxyl groups excluding tert-OH is 2. The zero-order valence-corrected chi connectivity index (χ0v) is 11.1. The number of nitrogens with zero attached hydrogens (tertiary/aromatic N) is 1. The minimum Gasteiger partial charge on any atom is -0.389 e. The molecule has 0 saturated carbocycles. The Bertz CT molecular complexity index is 309. The van der Waals surface area contributed by atoms with Crippen LogP contribution in [0.15, 0.2) is 0 Å². The highest BCUT2D eigenvalue weighted by molar-refractivity contribution is 5.88. The minimum atomic E-state index is -0.800. The second kappa shape index (κ2) is 6.26. The Balaban J connectivity index is 2.44. The molecule has 1 amide bonds. The van der Waals surface area contributed by atoms with Gasteiger partial charge in [-0.2, -0.15) is 0 Å². The first-order chi connectivity index (χ1) is 8.31. The lowest BCUT2D eigenvalue weighted by Gasteiger charge is -2.21. The lowest BCUT2D eigenvalue weighted by atomic mass is 10.0. The molecule has 0 aromatic carbocycles. The Morgan fingerprint density at radius 1 is 1.28 bits per heavy atom. The Kier molecular flexibility index (Phi) is 5.25. The van der Waals surface area contributed by atoms with Gasteiger partial charge >= 0.3 is 0 Å². The SMILES string of the molecule is CC(=O)C(NC(=O)CN1C[C@@H](O)[C@@H](O)C1)C(C)C. The van der Waals surface area contributed by atoms with Crippen molar-refractivity contribution in [2.75, 3.05) is 19.6 Å². The summed E-state index contributed by atoms with van der Waals surface area (Å²) in [6, 6.07) is -0.477. The second-order valence-electron chi connectivity index (χ2n) is 5.23. The summed E-state index contributed by atoms with van der Waals surface area (Å²) in [7, 11) is 0. The highest BCUT2D eigenvalue weighted by Crippen LogP contribution is 2.09. The maximum absolute atomic E-state index is 11.8. The van der Waals surface area contributed by atoms with E-state index in [1.807, 2.05) is 13.8 Å².